The second-order valence-electron chi connectivity index (χ2n) is 34.6. The maximum atomic E-state index is 14.2. The number of Topliss-reactive ketones (excluding diaryl/α,β-unsaturated/α-hetero) is 1. The number of nitrogens with one attached hydrogen (secondary N) is 3. The number of amides is 3. The Morgan fingerprint density at radius 3 is 1.34 bits per heavy atom. The van der Waals surface area contributed by atoms with Crippen molar-refractivity contribution in [3.63, 3.8) is 0 Å². The Labute approximate surface area is 729 Å². The minimum absolute atomic E-state index is 0.137. The van der Waals surface area contributed by atoms with Gasteiger partial charge in [0.1, 0.15) is 103 Å². The zero-order chi connectivity index (χ0) is 91.5. The summed E-state index contributed by atoms with van der Waals surface area (Å²) in [6.45, 7) is 0.821. The standard InChI is InChI=1S/C87H155N3O34/c1-6-8-10-12-14-16-18-20-21-22-23-24-25-26-27-28-29-31-33-35-37-39-41-43-66(103)90-57(58(99)42-40-38-36-34-32-30-19-17-15-13-11-9-7-2)52-115-82-74(109)73(108)76(64(50-94)117-82)119-83-75(110)80(77(65(51-95)118-83)120-81-56(44-53(3)96)69(104)71(106)62(48-92)116-81)124-87(85(113)114)46-60(101)68(89-55(5)98)79(123-87)72(107)63(49-93)121-86(84(111)112)45-59(100)67(88-54(4)97)78(122-86)70(105)61(102)47-91/h20-21,56-65,67-83,91-95,99-102,104-110H,6-19,22-52H2,1-5H3,(H,88,97)(H,89,98)(H,90,103)(H,111,112)(H,113,114)/b21-20+/t56-,57+,58-,59+,60+,61-,62-,63-,64-,65-,67-,68-,69-,70-,71+,72-,73-,74-,75-,76-,77+,78?,79?,80-,81+,82-,83+,86-,87+/m1/s1. The van der Waals surface area contributed by atoms with Crippen LogP contribution in [0.3, 0.4) is 0 Å². The average molecular weight is 1790 g/mol. The first kappa shape index (κ1) is 110. The van der Waals surface area contributed by atoms with Gasteiger partial charge in [0.25, 0.3) is 11.6 Å². The van der Waals surface area contributed by atoms with Crippen LogP contribution in [0.2, 0.25) is 0 Å². The van der Waals surface area contributed by atoms with Crippen LogP contribution >= 0.6 is 0 Å². The van der Waals surface area contributed by atoms with Crippen LogP contribution in [0, 0.1) is 5.92 Å². The maximum absolute atomic E-state index is 14.2. The van der Waals surface area contributed by atoms with Crippen LogP contribution in [0.4, 0.5) is 0 Å². The Balaban J connectivity index is 1.36. The highest BCUT2D eigenvalue weighted by atomic mass is 16.8. The summed E-state index contributed by atoms with van der Waals surface area (Å²) in [4.78, 5) is 79.4. The molecule has 29 atom stereocenters. The van der Waals surface area contributed by atoms with Crippen LogP contribution in [-0.4, -0.2) is 338 Å². The van der Waals surface area contributed by atoms with E-state index in [-0.39, 0.29) is 18.7 Å². The molecule has 124 heavy (non-hydrogen) atoms. The number of carbonyl (C=O) groups excluding carboxylic acids is 4. The van der Waals surface area contributed by atoms with Crippen LogP contribution in [-0.2, 0) is 76.1 Å². The molecule has 5 heterocycles. The highest BCUT2D eigenvalue weighted by molar-refractivity contribution is 5.78. The largest absolute Gasteiger partial charge is 0.477 e. The molecule has 5 fully saturated rings. The molecule has 0 aromatic rings. The van der Waals surface area contributed by atoms with Crippen molar-refractivity contribution in [1.82, 2.24) is 16.0 Å². The fourth-order valence-corrected chi connectivity index (χ4v) is 17.1. The Hall–Kier alpha value is -4.28. The lowest BCUT2D eigenvalue weighted by molar-refractivity contribution is -0.404. The first-order chi connectivity index (χ1) is 59.3. The molecule has 0 spiro atoms. The number of aliphatic hydroxyl groups is 16. The zero-order valence-electron chi connectivity index (χ0n) is 73.6. The molecular weight excluding hydrogens is 1630 g/mol. The number of carboxylic acids is 2. The molecule has 3 amide bonds. The molecule has 0 aromatic carbocycles. The number of carbonyl (C=O) groups is 6. The van der Waals surface area contributed by atoms with E-state index < -0.39 is 265 Å². The zero-order valence-corrected chi connectivity index (χ0v) is 73.6. The maximum Gasteiger partial charge on any atom is 0.364 e. The van der Waals surface area contributed by atoms with E-state index in [0.29, 0.717) is 12.8 Å². The van der Waals surface area contributed by atoms with Gasteiger partial charge in [-0.15, -0.1) is 0 Å². The quantitative estimate of drug-likeness (QED) is 0.0307. The van der Waals surface area contributed by atoms with Crippen LogP contribution in [0.1, 0.15) is 285 Å². The van der Waals surface area contributed by atoms with Gasteiger partial charge in [-0.1, -0.05) is 212 Å². The van der Waals surface area contributed by atoms with Gasteiger partial charge in [-0.25, -0.2) is 9.59 Å². The minimum Gasteiger partial charge on any atom is -0.477 e. The van der Waals surface area contributed by atoms with Gasteiger partial charge in [-0.3, -0.25) is 14.4 Å². The average Bonchev–Trinajstić information content (AvgIpc) is 0.746. The van der Waals surface area contributed by atoms with Crippen molar-refractivity contribution in [3.05, 3.63) is 12.2 Å². The molecule has 0 bridgehead atoms. The van der Waals surface area contributed by atoms with Crippen molar-refractivity contribution >= 4 is 35.4 Å². The van der Waals surface area contributed by atoms with Gasteiger partial charge < -0.3 is 160 Å². The third-order valence-corrected chi connectivity index (χ3v) is 24.3. The lowest BCUT2D eigenvalue weighted by Crippen LogP contribution is -2.72. The summed E-state index contributed by atoms with van der Waals surface area (Å²) in [7, 11) is 0. The predicted octanol–water partition coefficient (Wildman–Crippen LogP) is 2.52. The van der Waals surface area contributed by atoms with Gasteiger partial charge in [0.2, 0.25) is 17.7 Å². The van der Waals surface area contributed by atoms with Crippen LogP contribution in [0.15, 0.2) is 12.2 Å². The van der Waals surface area contributed by atoms with Crippen LogP contribution in [0.5, 0.6) is 0 Å². The monoisotopic (exact) mass is 1790 g/mol. The van der Waals surface area contributed by atoms with E-state index in [9.17, 15) is 121 Å². The van der Waals surface area contributed by atoms with Gasteiger partial charge in [-0.2, -0.15) is 0 Å². The molecule has 37 heteroatoms. The number of carboxylic acid groups (broad SMARTS) is 2. The second kappa shape index (κ2) is 59.2. The van der Waals surface area contributed by atoms with E-state index in [2.05, 4.69) is 41.9 Å². The van der Waals surface area contributed by atoms with E-state index in [1.807, 2.05) is 0 Å². The van der Waals surface area contributed by atoms with Gasteiger partial charge in [0.15, 0.2) is 18.9 Å². The second-order valence-corrected chi connectivity index (χ2v) is 34.6. The van der Waals surface area contributed by atoms with Crippen molar-refractivity contribution in [2.75, 3.05) is 39.6 Å². The molecule has 5 aliphatic rings. The number of hydrogen-bond acceptors (Lipinski definition) is 32. The fourth-order valence-electron chi connectivity index (χ4n) is 17.1. The Kier molecular flexibility index (Phi) is 52.6. The van der Waals surface area contributed by atoms with E-state index in [1.54, 1.807) is 0 Å². The van der Waals surface area contributed by atoms with Gasteiger partial charge in [0.05, 0.1) is 82.2 Å². The predicted molar refractivity (Wildman–Crippen MR) is 445 cm³/mol. The van der Waals surface area contributed by atoms with Gasteiger partial charge in [0, 0.05) is 45.4 Å². The van der Waals surface area contributed by atoms with E-state index in [1.165, 1.54) is 135 Å². The summed E-state index contributed by atoms with van der Waals surface area (Å²) in [5.74, 6) is -15.8. The molecule has 0 saturated carbocycles. The first-order valence-corrected chi connectivity index (χ1v) is 45.9. The molecule has 0 radical (unpaired) electrons. The highest BCUT2D eigenvalue weighted by Crippen LogP contribution is 2.43. The minimum atomic E-state index is -3.57. The van der Waals surface area contributed by atoms with Crippen LogP contribution in [0.25, 0.3) is 0 Å². The van der Waals surface area contributed by atoms with Crippen molar-refractivity contribution in [1.29, 1.82) is 0 Å². The van der Waals surface area contributed by atoms with Gasteiger partial charge in [-0.05, 0) is 45.4 Å². The third-order valence-electron chi connectivity index (χ3n) is 24.3. The molecule has 0 aromatic heterocycles. The molecule has 0 aliphatic carbocycles. The van der Waals surface area contributed by atoms with Crippen molar-refractivity contribution in [3.8, 4) is 0 Å². The van der Waals surface area contributed by atoms with Crippen molar-refractivity contribution in [2.24, 2.45) is 5.92 Å². The smallest absolute Gasteiger partial charge is 0.364 e. The number of aliphatic carboxylic acids is 2. The normalized spacial score (nSPS) is 32.0. The molecule has 722 valence electrons. The molecule has 21 N–H and O–H groups in total. The molecule has 2 unspecified atom stereocenters. The molecule has 5 aliphatic heterocycles. The first-order valence-electron chi connectivity index (χ1n) is 45.9. The summed E-state index contributed by atoms with van der Waals surface area (Å²) in [5, 5.41) is 211. The molecule has 5 rings (SSSR count). The third kappa shape index (κ3) is 35.4. The number of ether oxygens (including phenoxy) is 10. The van der Waals surface area contributed by atoms with E-state index in [0.717, 1.165) is 91.4 Å². The molecular formula is C87H155N3O34. The van der Waals surface area contributed by atoms with Crippen LogP contribution < -0.4 is 16.0 Å². The topological polar surface area (TPSA) is 595 Å². The summed E-state index contributed by atoms with van der Waals surface area (Å²) >= 11 is 0. The fraction of sp³-hybridized carbons (Fsp3) is 0.908. The number of aliphatic hydroxyl groups excluding tert-OH is 16. The SMILES string of the molecule is CCCCCCCC/C=C/CCCCCCCCCCCCCCCC(=O)N[C@@H](CO[C@@H]1O[C@H](CO)[C@@H](O[C@@H]2O[C@H](CO)[C@H](O[C@@H]3O[C@H](CO)[C@H](O)[C@H](O)[C@H]3CC(C)=O)[C@H](O[C@]3(C(=O)O)C[C@H](O)[C@@H](NC(C)=O)C([C@H](O)[C@@H](CO)O[C@]4(C(=O)O)C[C@H](O)[C@@H](NC(C)=O)C([C@H](O)[C@H](O)CO)O4)O3)[C@H]2O)[C@H](O)[C@H]1O)[C@H](O)CCCCCCCCCCCCCCC. The number of allylic oxidation sites excluding steroid dienone is 2. The highest BCUT2D eigenvalue weighted by Gasteiger charge is 2.64. The molecule has 5 saturated heterocycles. The molecule has 37 nitrogen and oxygen atoms in total. The van der Waals surface area contributed by atoms with Gasteiger partial charge >= 0.3 is 11.9 Å². The number of rotatable bonds is 65. The number of unbranched alkanes of at least 4 members (excludes halogenated alkanes) is 31. The van der Waals surface area contributed by atoms with E-state index in [4.69, 9.17) is 47.4 Å². The van der Waals surface area contributed by atoms with E-state index >= 15 is 0 Å². The lowest BCUT2D eigenvalue weighted by atomic mass is 9.86. The Morgan fingerprint density at radius 1 is 0.452 bits per heavy atom. The number of ketones is 1. The number of hydrogen-bond donors (Lipinski definition) is 21. The Morgan fingerprint density at radius 2 is 0.879 bits per heavy atom. The summed E-state index contributed by atoms with van der Waals surface area (Å²) in [6.07, 6.45) is -8.84. The lowest BCUT2D eigenvalue weighted by Gasteiger charge is -2.52. The summed E-state index contributed by atoms with van der Waals surface area (Å²) in [5.41, 5.74) is 0. The Bertz CT molecular complexity index is 3010. The van der Waals surface area contributed by atoms with Crippen molar-refractivity contribution in [2.45, 2.75) is 456 Å². The summed E-state index contributed by atoms with van der Waals surface area (Å²) < 4.78 is 60.3. The summed E-state index contributed by atoms with van der Waals surface area (Å²) in [6, 6.07) is -4.87. The van der Waals surface area contributed by atoms with Crippen molar-refractivity contribution < 1.29 is 168 Å².